The molecule has 0 radical (unpaired) electrons. The number of hydrogen-bond acceptors (Lipinski definition) is 4. The Morgan fingerprint density at radius 2 is 1.80 bits per heavy atom. The van der Waals surface area contributed by atoms with Gasteiger partial charge in [0, 0.05) is 18.2 Å². The lowest BCUT2D eigenvalue weighted by molar-refractivity contribution is 0.103. The van der Waals surface area contributed by atoms with E-state index in [9.17, 15) is 14.0 Å². The fourth-order valence-electron chi connectivity index (χ4n) is 2.11. The predicted molar refractivity (Wildman–Crippen MR) is 91.5 cm³/mol. The Labute approximate surface area is 144 Å². The van der Waals surface area contributed by atoms with Crippen molar-refractivity contribution in [2.75, 3.05) is 11.9 Å². The van der Waals surface area contributed by atoms with Gasteiger partial charge in [0.2, 0.25) is 5.78 Å². The van der Waals surface area contributed by atoms with E-state index in [2.05, 4.69) is 5.16 Å². The summed E-state index contributed by atoms with van der Waals surface area (Å²) >= 11 is 0. The van der Waals surface area contributed by atoms with Gasteiger partial charge in [-0.15, -0.1) is 0 Å². The van der Waals surface area contributed by atoms with Crippen molar-refractivity contribution in [2.45, 2.75) is 13.5 Å². The van der Waals surface area contributed by atoms with Crippen molar-refractivity contribution in [3.63, 3.8) is 0 Å². The zero-order valence-electron chi connectivity index (χ0n) is 13.8. The Balaban J connectivity index is 2.06. The van der Waals surface area contributed by atoms with Crippen molar-refractivity contribution < 1.29 is 23.9 Å². The molecule has 0 heterocycles. The Morgan fingerprint density at radius 3 is 2.44 bits per heavy atom. The van der Waals surface area contributed by atoms with Crippen LogP contribution < -0.4 is 4.90 Å². The number of rotatable bonds is 6. The third-order valence-electron chi connectivity index (χ3n) is 3.50. The average molecular weight is 344 g/mol. The van der Waals surface area contributed by atoms with Gasteiger partial charge in [0.15, 0.2) is 0 Å². The molecule has 2 aromatic rings. The van der Waals surface area contributed by atoms with Crippen LogP contribution in [0.3, 0.4) is 0 Å². The van der Waals surface area contributed by atoms with Crippen LogP contribution in [0.15, 0.2) is 53.7 Å². The Hall–Kier alpha value is -3.22. The minimum Gasteiger partial charge on any atom is -0.465 e. The first kappa shape index (κ1) is 18.1. The summed E-state index contributed by atoms with van der Waals surface area (Å²) in [6.45, 7) is 1.49. The monoisotopic (exact) mass is 344 g/mol. The van der Waals surface area contributed by atoms with Crippen molar-refractivity contribution in [1.29, 1.82) is 0 Å². The molecule has 0 spiro atoms. The van der Waals surface area contributed by atoms with Gasteiger partial charge in [-0.25, -0.2) is 9.18 Å². The van der Waals surface area contributed by atoms with E-state index in [4.69, 9.17) is 9.94 Å². The number of nitrogens with zero attached hydrogens (tertiary/aromatic N) is 2. The van der Waals surface area contributed by atoms with Gasteiger partial charge in [-0.3, -0.25) is 9.69 Å². The van der Waals surface area contributed by atoms with E-state index in [1.807, 2.05) is 0 Å². The van der Waals surface area contributed by atoms with Crippen LogP contribution in [0.4, 0.5) is 14.9 Å². The highest BCUT2D eigenvalue weighted by Gasteiger charge is 2.14. The summed E-state index contributed by atoms with van der Waals surface area (Å²) in [5, 5.41) is 12.8. The number of Topliss-reactive ketones (excluding diaryl/α,β-unsaturated/α-hetero) is 1. The second-order valence-electron chi connectivity index (χ2n) is 5.26. The Morgan fingerprint density at radius 1 is 1.16 bits per heavy atom. The van der Waals surface area contributed by atoms with Crippen molar-refractivity contribution in [1.82, 2.24) is 0 Å². The van der Waals surface area contributed by atoms with Crippen LogP contribution >= 0.6 is 0 Å². The molecular weight excluding hydrogens is 327 g/mol. The first-order chi connectivity index (χ1) is 11.9. The van der Waals surface area contributed by atoms with Crippen LogP contribution in [0.2, 0.25) is 0 Å². The largest absolute Gasteiger partial charge is 0.465 e. The molecule has 0 aliphatic rings. The minimum atomic E-state index is -1.10. The lowest BCUT2D eigenvalue weighted by atomic mass is 10.1. The molecule has 6 nitrogen and oxygen atoms in total. The summed E-state index contributed by atoms with van der Waals surface area (Å²) in [7, 11) is 1.42. The Kier molecular flexibility index (Phi) is 5.84. The lowest BCUT2D eigenvalue weighted by Crippen LogP contribution is -2.25. The maximum Gasteiger partial charge on any atom is 0.411 e. The van der Waals surface area contributed by atoms with Crippen molar-refractivity contribution in [3.8, 4) is 0 Å². The third-order valence-corrected chi connectivity index (χ3v) is 3.50. The van der Waals surface area contributed by atoms with Crippen LogP contribution in [0.5, 0.6) is 0 Å². The van der Waals surface area contributed by atoms with Gasteiger partial charge >= 0.3 is 6.09 Å². The SMILES string of the molecule is C/C(=N\OCc1ccccc1N(C)C(=O)O)C(=O)c1ccc(F)cc1. The minimum absolute atomic E-state index is 0.00182. The molecule has 130 valence electrons. The van der Waals surface area contributed by atoms with Gasteiger partial charge in [0.1, 0.15) is 18.1 Å². The van der Waals surface area contributed by atoms with E-state index >= 15 is 0 Å². The molecule has 0 atom stereocenters. The Bertz CT molecular complexity index is 803. The van der Waals surface area contributed by atoms with Gasteiger partial charge in [-0.1, -0.05) is 23.4 Å². The van der Waals surface area contributed by atoms with E-state index in [-0.39, 0.29) is 18.1 Å². The number of carbonyl (C=O) groups excluding carboxylic acids is 1. The standard InChI is InChI=1S/C18H17FN2O4/c1-12(17(22)13-7-9-15(19)10-8-13)20-25-11-14-5-3-4-6-16(14)21(2)18(23)24/h3-10H,11H2,1-2H3,(H,23,24)/b20-12+. The molecule has 0 fully saturated rings. The van der Waals surface area contributed by atoms with Crippen LogP contribution in [-0.4, -0.2) is 29.7 Å². The molecule has 1 amide bonds. The van der Waals surface area contributed by atoms with Crippen LogP contribution in [0.25, 0.3) is 0 Å². The number of benzene rings is 2. The molecule has 25 heavy (non-hydrogen) atoms. The fourth-order valence-corrected chi connectivity index (χ4v) is 2.11. The second-order valence-corrected chi connectivity index (χ2v) is 5.26. The molecule has 0 aliphatic heterocycles. The van der Waals surface area contributed by atoms with Crippen molar-refractivity contribution >= 4 is 23.3 Å². The molecule has 0 aliphatic carbocycles. The maximum absolute atomic E-state index is 12.9. The van der Waals surface area contributed by atoms with E-state index in [1.165, 1.54) is 38.2 Å². The molecule has 7 heteroatoms. The molecule has 1 N–H and O–H groups in total. The first-order valence-corrected chi connectivity index (χ1v) is 7.41. The number of halogens is 1. The van der Waals surface area contributed by atoms with Gasteiger partial charge in [-0.2, -0.15) is 0 Å². The van der Waals surface area contributed by atoms with E-state index < -0.39 is 11.9 Å². The molecule has 0 saturated carbocycles. The normalized spacial score (nSPS) is 11.1. The van der Waals surface area contributed by atoms with Crippen LogP contribution in [0, 0.1) is 5.82 Å². The van der Waals surface area contributed by atoms with E-state index in [1.54, 1.807) is 24.3 Å². The highest BCUT2D eigenvalue weighted by Crippen LogP contribution is 2.20. The van der Waals surface area contributed by atoms with Gasteiger partial charge < -0.3 is 9.94 Å². The zero-order valence-corrected chi connectivity index (χ0v) is 13.8. The quantitative estimate of drug-likeness (QED) is 0.492. The van der Waals surface area contributed by atoms with Crippen molar-refractivity contribution in [2.24, 2.45) is 5.16 Å². The van der Waals surface area contributed by atoms with E-state index in [0.29, 0.717) is 16.8 Å². The molecular formula is C18H17FN2O4. The first-order valence-electron chi connectivity index (χ1n) is 7.41. The molecule has 0 unspecified atom stereocenters. The zero-order chi connectivity index (χ0) is 18.4. The highest BCUT2D eigenvalue weighted by atomic mass is 19.1. The predicted octanol–water partition coefficient (Wildman–Crippen LogP) is 3.72. The smallest absolute Gasteiger partial charge is 0.411 e. The number of anilines is 1. The van der Waals surface area contributed by atoms with Gasteiger partial charge in [0.25, 0.3) is 0 Å². The van der Waals surface area contributed by atoms with Gasteiger partial charge in [-0.05, 0) is 37.3 Å². The summed E-state index contributed by atoms with van der Waals surface area (Å²) in [6.07, 6.45) is -1.10. The van der Waals surface area contributed by atoms with Crippen LogP contribution in [-0.2, 0) is 11.4 Å². The fraction of sp³-hybridized carbons (Fsp3) is 0.167. The topological polar surface area (TPSA) is 79.2 Å². The summed E-state index contributed by atoms with van der Waals surface area (Å²) < 4.78 is 12.9. The molecule has 0 bridgehead atoms. The maximum atomic E-state index is 12.9. The van der Waals surface area contributed by atoms with E-state index in [0.717, 1.165) is 4.90 Å². The summed E-state index contributed by atoms with van der Waals surface area (Å²) in [6, 6.07) is 11.9. The van der Waals surface area contributed by atoms with Crippen LogP contribution in [0.1, 0.15) is 22.8 Å². The number of carbonyl (C=O) groups is 2. The number of carboxylic acid groups (broad SMARTS) is 1. The molecule has 0 saturated heterocycles. The number of ketones is 1. The number of para-hydroxylation sites is 1. The lowest BCUT2D eigenvalue weighted by Gasteiger charge is -2.16. The number of hydrogen-bond donors (Lipinski definition) is 1. The summed E-state index contributed by atoms with van der Waals surface area (Å²) in [4.78, 5) is 29.5. The summed E-state index contributed by atoms with van der Waals surface area (Å²) in [5.41, 5.74) is 1.49. The number of oxime groups is 1. The summed E-state index contributed by atoms with van der Waals surface area (Å²) in [5.74, 6) is -0.808. The van der Waals surface area contributed by atoms with Gasteiger partial charge in [0.05, 0.1) is 5.69 Å². The van der Waals surface area contributed by atoms with Crippen molar-refractivity contribution in [3.05, 3.63) is 65.5 Å². The molecule has 2 rings (SSSR count). The third kappa shape index (κ3) is 4.63. The molecule has 0 aromatic heterocycles. The average Bonchev–Trinajstić information content (AvgIpc) is 2.61. The molecule has 2 aromatic carbocycles. The number of amides is 1. The second kappa shape index (κ2) is 8.05. The highest BCUT2D eigenvalue weighted by molar-refractivity contribution is 6.45.